The number of rotatable bonds is 4. The van der Waals surface area contributed by atoms with Crippen LogP contribution in [0.5, 0.6) is 0 Å². The Morgan fingerprint density at radius 2 is 2.15 bits per heavy atom. The van der Waals surface area contributed by atoms with E-state index >= 15 is 0 Å². The van der Waals surface area contributed by atoms with Crippen LogP contribution in [0.4, 0.5) is 5.95 Å². The molecule has 20 heavy (non-hydrogen) atoms. The first kappa shape index (κ1) is 14.3. The second-order valence-corrected chi connectivity index (χ2v) is 5.16. The van der Waals surface area contributed by atoms with Crippen molar-refractivity contribution in [3.05, 3.63) is 50.9 Å². The maximum atomic E-state index is 12.0. The number of hydrogen-bond acceptors (Lipinski definition) is 5. The molecular formula is C13H16ClN5O. The van der Waals surface area contributed by atoms with Crippen molar-refractivity contribution < 1.29 is 0 Å². The number of benzene rings is 1. The van der Waals surface area contributed by atoms with Crippen molar-refractivity contribution in [1.29, 1.82) is 0 Å². The Labute approximate surface area is 121 Å². The number of nitrogen functional groups attached to an aromatic ring is 1. The SMILES string of the molecule is CC(C)c1nnc(NCc2cccc(Cl)c2)n(N)c1=O. The Bertz CT molecular complexity index is 668. The van der Waals surface area contributed by atoms with Gasteiger partial charge in [0.25, 0.3) is 5.56 Å². The van der Waals surface area contributed by atoms with Gasteiger partial charge < -0.3 is 11.2 Å². The van der Waals surface area contributed by atoms with Crippen molar-refractivity contribution in [3.63, 3.8) is 0 Å². The van der Waals surface area contributed by atoms with Crippen LogP contribution < -0.4 is 16.7 Å². The Hall–Kier alpha value is -2.08. The van der Waals surface area contributed by atoms with Gasteiger partial charge in [0, 0.05) is 17.5 Å². The lowest BCUT2D eigenvalue weighted by Gasteiger charge is -2.11. The number of aromatic nitrogens is 3. The average Bonchev–Trinajstić information content (AvgIpc) is 2.40. The van der Waals surface area contributed by atoms with Gasteiger partial charge >= 0.3 is 0 Å². The summed E-state index contributed by atoms with van der Waals surface area (Å²) in [5.41, 5.74) is 0.962. The second kappa shape index (κ2) is 5.92. The fourth-order valence-corrected chi connectivity index (χ4v) is 1.94. The molecule has 0 aliphatic rings. The van der Waals surface area contributed by atoms with Gasteiger partial charge in [-0.2, -0.15) is 4.68 Å². The average molecular weight is 294 g/mol. The molecule has 2 rings (SSSR count). The lowest BCUT2D eigenvalue weighted by Crippen LogP contribution is -2.34. The molecule has 0 saturated heterocycles. The molecule has 6 nitrogen and oxygen atoms in total. The van der Waals surface area contributed by atoms with E-state index in [4.69, 9.17) is 17.4 Å². The summed E-state index contributed by atoms with van der Waals surface area (Å²) in [6, 6.07) is 7.38. The molecule has 106 valence electrons. The van der Waals surface area contributed by atoms with Gasteiger partial charge in [0.05, 0.1) is 0 Å². The van der Waals surface area contributed by atoms with E-state index in [-0.39, 0.29) is 17.4 Å². The minimum atomic E-state index is -0.344. The van der Waals surface area contributed by atoms with Crippen molar-refractivity contribution in [2.24, 2.45) is 0 Å². The molecule has 7 heteroatoms. The number of nitrogens with one attached hydrogen (secondary N) is 1. The van der Waals surface area contributed by atoms with E-state index in [9.17, 15) is 4.79 Å². The van der Waals surface area contributed by atoms with Crippen LogP contribution in [0, 0.1) is 0 Å². The Balaban J connectivity index is 2.19. The number of anilines is 1. The zero-order chi connectivity index (χ0) is 14.7. The largest absolute Gasteiger partial charge is 0.349 e. The molecule has 2 aromatic rings. The number of nitrogens with two attached hydrogens (primary N) is 1. The van der Waals surface area contributed by atoms with Crippen molar-refractivity contribution >= 4 is 17.5 Å². The summed E-state index contributed by atoms with van der Waals surface area (Å²) >= 11 is 5.90. The van der Waals surface area contributed by atoms with E-state index in [1.807, 2.05) is 32.0 Å². The van der Waals surface area contributed by atoms with Crippen LogP contribution in [-0.2, 0) is 6.54 Å². The monoisotopic (exact) mass is 293 g/mol. The van der Waals surface area contributed by atoms with E-state index < -0.39 is 0 Å². The third-order valence-electron chi connectivity index (χ3n) is 2.81. The summed E-state index contributed by atoms with van der Waals surface area (Å²) in [4.78, 5) is 12.0. The van der Waals surface area contributed by atoms with Gasteiger partial charge in [-0.05, 0) is 17.7 Å². The molecule has 1 aromatic carbocycles. The zero-order valence-corrected chi connectivity index (χ0v) is 12.1. The summed E-state index contributed by atoms with van der Waals surface area (Å²) in [7, 11) is 0. The zero-order valence-electron chi connectivity index (χ0n) is 11.3. The summed E-state index contributed by atoms with van der Waals surface area (Å²) < 4.78 is 0.979. The predicted octanol–water partition coefficient (Wildman–Crippen LogP) is 1.74. The first-order valence-electron chi connectivity index (χ1n) is 6.22. The van der Waals surface area contributed by atoms with Gasteiger partial charge in [0.2, 0.25) is 5.95 Å². The van der Waals surface area contributed by atoms with Gasteiger partial charge in [-0.15, -0.1) is 10.2 Å². The van der Waals surface area contributed by atoms with Gasteiger partial charge in [-0.3, -0.25) is 4.79 Å². The lowest BCUT2D eigenvalue weighted by atomic mass is 10.1. The molecule has 3 N–H and O–H groups in total. The third-order valence-corrected chi connectivity index (χ3v) is 3.04. The van der Waals surface area contributed by atoms with Gasteiger partial charge in [-0.25, -0.2) is 0 Å². The van der Waals surface area contributed by atoms with Crippen LogP contribution in [0.3, 0.4) is 0 Å². The minimum Gasteiger partial charge on any atom is -0.349 e. The molecular weight excluding hydrogens is 278 g/mol. The van der Waals surface area contributed by atoms with Crippen LogP contribution >= 0.6 is 11.6 Å². The highest BCUT2D eigenvalue weighted by atomic mass is 35.5. The van der Waals surface area contributed by atoms with Gasteiger partial charge in [0.1, 0.15) is 5.69 Å². The quantitative estimate of drug-likeness (QED) is 0.839. The highest BCUT2D eigenvalue weighted by Crippen LogP contribution is 2.12. The molecule has 0 amide bonds. The van der Waals surface area contributed by atoms with E-state index in [0.717, 1.165) is 10.2 Å². The molecule has 0 unspecified atom stereocenters. The van der Waals surface area contributed by atoms with Crippen molar-refractivity contribution in [2.45, 2.75) is 26.3 Å². The first-order chi connectivity index (χ1) is 9.49. The topological polar surface area (TPSA) is 85.8 Å². The van der Waals surface area contributed by atoms with E-state index in [0.29, 0.717) is 17.3 Å². The fourth-order valence-electron chi connectivity index (χ4n) is 1.72. The molecule has 0 radical (unpaired) electrons. The molecule has 0 bridgehead atoms. The smallest absolute Gasteiger partial charge is 0.295 e. The Kier molecular flexibility index (Phi) is 4.24. The molecule has 1 aromatic heterocycles. The molecule has 0 aliphatic carbocycles. The molecule has 0 aliphatic heterocycles. The highest BCUT2D eigenvalue weighted by Gasteiger charge is 2.12. The van der Waals surface area contributed by atoms with Crippen molar-refractivity contribution in [1.82, 2.24) is 14.9 Å². The summed E-state index contributed by atoms with van der Waals surface area (Å²) in [6.45, 7) is 4.18. The maximum absolute atomic E-state index is 12.0. The maximum Gasteiger partial charge on any atom is 0.295 e. The van der Waals surface area contributed by atoms with Crippen molar-refractivity contribution in [2.75, 3.05) is 11.2 Å². The molecule has 0 saturated carbocycles. The van der Waals surface area contributed by atoms with Crippen LogP contribution in [-0.4, -0.2) is 14.9 Å². The van der Waals surface area contributed by atoms with E-state index in [1.165, 1.54) is 0 Å². The lowest BCUT2D eigenvalue weighted by molar-refractivity contribution is 0.711. The molecule has 1 heterocycles. The Morgan fingerprint density at radius 1 is 1.40 bits per heavy atom. The first-order valence-corrected chi connectivity index (χ1v) is 6.60. The van der Waals surface area contributed by atoms with Gasteiger partial charge in [0.15, 0.2) is 0 Å². The summed E-state index contributed by atoms with van der Waals surface area (Å²) in [5.74, 6) is 5.93. The third kappa shape index (κ3) is 3.08. The van der Waals surface area contributed by atoms with E-state index in [2.05, 4.69) is 15.5 Å². The van der Waals surface area contributed by atoms with Crippen LogP contribution in [0.15, 0.2) is 29.1 Å². The standard InChI is InChI=1S/C13H16ClN5O/c1-8(2)11-12(20)19(15)13(18-17-11)16-7-9-4-3-5-10(14)6-9/h3-6,8H,7,15H2,1-2H3,(H,16,18). The number of nitrogens with zero attached hydrogens (tertiary/aromatic N) is 3. The normalized spacial score (nSPS) is 10.8. The molecule has 0 atom stereocenters. The number of hydrogen-bond donors (Lipinski definition) is 2. The minimum absolute atomic E-state index is 0.0215. The van der Waals surface area contributed by atoms with Crippen molar-refractivity contribution in [3.8, 4) is 0 Å². The summed E-state index contributed by atoms with van der Waals surface area (Å²) in [6.07, 6.45) is 0. The predicted molar refractivity (Wildman–Crippen MR) is 79.3 cm³/mol. The summed E-state index contributed by atoms with van der Waals surface area (Å²) in [5, 5.41) is 11.5. The number of halogens is 1. The van der Waals surface area contributed by atoms with Crippen LogP contribution in [0.2, 0.25) is 5.02 Å². The van der Waals surface area contributed by atoms with Crippen LogP contribution in [0.1, 0.15) is 31.0 Å². The fraction of sp³-hybridized carbons (Fsp3) is 0.308. The van der Waals surface area contributed by atoms with E-state index in [1.54, 1.807) is 6.07 Å². The molecule has 0 spiro atoms. The van der Waals surface area contributed by atoms with Crippen LogP contribution in [0.25, 0.3) is 0 Å². The second-order valence-electron chi connectivity index (χ2n) is 4.72. The highest BCUT2D eigenvalue weighted by molar-refractivity contribution is 6.30. The Morgan fingerprint density at radius 3 is 2.80 bits per heavy atom. The van der Waals surface area contributed by atoms with Gasteiger partial charge in [-0.1, -0.05) is 37.6 Å². The molecule has 0 fully saturated rings.